The Morgan fingerprint density at radius 3 is 1.39 bits per heavy atom. The summed E-state index contributed by atoms with van der Waals surface area (Å²) in [5, 5.41) is 4.26. The van der Waals surface area contributed by atoms with Gasteiger partial charge in [0.2, 0.25) is 0 Å². The molecule has 2 heterocycles. The van der Waals surface area contributed by atoms with E-state index in [2.05, 4.69) is 80.7 Å². The zero-order chi connectivity index (χ0) is 14.3. The number of rotatable bonds is 0. The van der Waals surface area contributed by atoms with Crippen LogP contribution in [0, 0.1) is 13.8 Å². The number of fused-ring (bicyclic) bond motifs is 2. The molecule has 0 bridgehead atoms. The molecule has 120 valence electrons. The minimum absolute atomic E-state index is 0. The van der Waals surface area contributed by atoms with Gasteiger partial charge in [-0.15, -0.1) is 55.9 Å². The van der Waals surface area contributed by atoms with Crippen LogP contribution in [0.4, 0.5) is 0 Å². The molecule has 0 saturated carbocycles. The van der Waals surface area contributed by atoms with Gasteiger partial charge in [-0.1, -0.05) is 51.9 Å². The zero-order valence-corrected chi connectivity index (χ0v) is 21.1. The van der Waals surface area contributed by atoms with Gasteiger partial charge in [0.25, 0.3) is 0 Å². The fourth-order valence-corrected chi connectivity index (χ4v) is 5.47. The Hall–Kier alpha value is 1.04. The monoisotopic (exact) mass is 586 g/mol. The smallest absolute Gasteiger partial charge is 1.00 e. The molecule has 4 rings (SSSR count). The van der Waals surface area contributed by atoms with Crippen molar-refractivity contribution < 1.29 is 51.0 Å². The third kappa shape index (κ3) is 5.51. The molecule has 0 spiro atoms. The molecule has 0 N–H and O–H groups in total. The van der Waals surface area contributed by atoms with Crippen LogP contribution in [0.25, 0.3) is 20.9 Å². The maximum atomic E-state index is 3.49. The summed E-state index contributed by atoms with van der Waals surface area (Å²) in [6.07, 6.45) is 0. The number of aryl methyl sites for hydroxylation is 2. The number of hydrogen-bond acceptors (Lipinski definition) is 2. The Morgan fingerprint density at radius 1 is 0.739 bits per heavy atom. The molecule has 0 unspecified atom stereocenters. The molecular weight excluding hydrogens is 578 g/mol. The standard InChI is InChI=1S/2C8H6BrS.2ClH.Zr/c2*1-5-2-6-7(9)4-10-8(6)3-5;;;/h2*2-4H,1H3;2*1H;/q2*-1;;;+4/p-2. The first-order chi connectivity index (χ1) is 9.54. The van der Waals surface area contributed by atoms with E-state index in [4.69, 9.17) is 0 Å². The normalized spacial score (nSPS) is 9.57. The van der Waals surface area contributed by atoms with E-state index in [0.717, 1.165) is 0 Å². The van der Waals surface area contributed by atoms with Gasteiger partial charge in [0, 0.05) is 0 Å². The summed E-state index contributed by atoms with van der Waals surface area (Å²) in [6, 6.07) is 8.83. The summed E-state index contributed by atoms with van der Waals surface area (Å²) in [5.74, 6) is 0. The van der Waals surface area contributed by atoms with Crippen molar-refractivity contribution in [3.8, 4) is 20.9 Å². The summed E-state index contributed by atoms with van der Waals surface area (Å²) in [7, 11) is 0. The van der Waals surface area contributed by atoms with Crippen molar-refractivity contribution in [2.75, 3.05) is 0 Å². The van der Waals surface area contributed by atoms with Crippen LogP contribution >= 0.6 is 54.5 Å². The van der Waals surface area contributed by atoms with Crippen LogP contribution in [0.1, 0.15) is 11.1 Å². The van der Waals surface area contributed by atoms with Gasteiger partial charge in [0.15, 0.2) is 0 Å². The van der Waals surface area contributed by atoms with Gasteiger partial charge < -0.3 is 24.8 Å². The van der Waals surface area contributed by atoms with Crippen molar-refractivity contribution in [3.63, 3.8) is 0 Å². The predicted octanol–water partition coefficient (Wildman–Crippen LogP) is 1.29. The fraction of sp³-hybridized carbons (Fsp3) is 0.125. The Kier molecular flexibility index (Phi) is 10.7. The van der Waals surface area contributed by atoms with E-state index < -0.39 is 0 Å². The van der Waals surface area contributed by atoms with Gasteiger partial charge in [0.1, 0.15) is 0 Å². The van der Waals surface area contributed by atoms with E-state index in [1.807, 2.05) is 0 Å². The van der Waals surface area contributed by atoms with E-state index in [0.29, 0.717) is 0 Å². The molecule has 2 aliphatic heterocycles. The van der Waals surface area contributed by atoms with E-state index in [1.165, 1.54) is 41.0 Å². The Bertz CT molecular complexity index is 718. The first-order valence-corrected chi connectivity index (χ1v) is 9.49. The Labute approximate surface area is 193 Å². The Balaban J connectivity index is 0.000000372. The predicted molar refractivity (Wildman–Crippen MR) is 97.9 cm³/mol. The van der Waals surface area contributed by atoms with Crippen LogP contribution in [0.3, 0.4) is 0 Å². The topological polar surface area (TPSA) is 0 Å². The van der Waals surface area contributed by atoms with E-state index >= 15 is 0 Å². The minimum Gasteiger partial charge on any atom is -1.00 e. The molecule has 0 aromatic heterocycles. The van der Waals surface area contributed by atoms with Crippen LogP contribution in [0.2, 0.25) is 0 Å². The van der Waals surface area contributed by atoms with Gasteiger partial charge in [-0.05, 0) is 13.8 Å². The van der Waals surface area contributed by atoms with Crippen LogP contribution in [-0.2, 0) is 26.2 Å². The first kappa shape index (κ1) is 24.0. The van der Waals surface area contributed by atoms with Crippen molar-refractivity contribution in [3.05, 3.63) is 55.1 Å². The third-order valence-corrected chi connectivity index (χ3v) is 6.89. The zero-order valence-electron chi connectivity index (χ0n) is 12.3. The second-order valence-corrected chi connectivity index (χ2v) is 8.32. The van der Waals surface area contributed by atoms with Gasteiger partial charge in [-0.2, -0.15) is 0 Å². The molecule has 0 saturated heterocycles. The van der Waals surface area contributed by atoms with Gasteiger partial charge >= 0.3 is 26.2 Å². The third-order valence-electron chi connectivity index (χ3n) is 3.09. The van der Waals surface area contributed by atoms with Crippen molar-refractivity contribution in [2.45, 2.75) is 13.8 Å². The molecule has 7 heteroatoms. The molecule has 0 atom stereocenters. The molecule has 0 nitrogen and oxygen atoms in total. The van der Waals surface area contributed by atoms with E-state index in [9.17, 15) is 0 Å². The summed E-state index contributed by atoms with van der Waals surface area (Å²) >= 11 is 10.6. The van der Waals surface area contributed by atoms with Gasteiger partial charge in [-0.3, -0.25) is 22.7 Å². The maximum Gasteiger partial charge on any atom is 4.00 e. The number of thiophene rings is 2. The van der Waals surface area contributed by atoms with Crippen molar-refractivity contribution in [2.24, 2.45) is 0 Å². The molecule has 0 fully saturated rings. The van der Waals surface area contributed by atoms with Crippen LogP contribution in [0.5, 0.6) is 0 Å². The minimum atomic E-state index is 0. The molecule has 0 radical (unpaired) electrons. The van der Waals surface area contributed by atoms with Crippen molar-refractivity contribution in [1.82, 2.24) is 0 Å². The van der Waals surface area contributed by atoms with Crippen LogP contribution in [0.15, 0.2) is 44.0 Å². The number of hydrogen-bond donors (Lipinski definition) is 0. The van der Waals surface area contributed by atoms with Crippen LogP contribution < -0.4 is 24.8 Å². The summed E-state index contributed by atoms with van der Waals surface area (Å²) in [5.41, 5.74) is 5.40. The SMILES string of the molecule is Cc1cc2s[cH-]c(Br)c-2c1.Cc1cc2s[cH-]c(Br)c-2c1.[Cl-].[Cl-].[Zr+4]. The maximum absolute atomic E-state index is 3.49. The molecule has 23 heavy (non-hydrogen) atoms. The molecule has 4 aliphatic rings. The molecule has 2 aliphatic carbocycles. The largest absolute Gasteiger partial charge is 4.00 e. The molecule has 0 aromatic rings. The van der Waals surface area contributed by atoms with Crippen LogP contribution in [-0.4, -0.2) is 0 Å². The average Bonchev–Trinajstić information content (AvgIpc) is 3.09. The van der Waals surface area contributed by atoms with E-state index in [-0.39, 0.29) is 51.0 Å². The first-order valence-electron chi connectivity index (χ1n) is 6.14. The van der Waals surface area contributed by atoms with E-state index in [1.54, 1.807) is 22.7 Å². The molecule has 0 aromatic carbocycles. The second kappa shape index (κ2) is 10.3. The summed E-state index contributed by atoms with van der Waals surface area (Å²) in [4.78, 5) is 2.76. The summed E-state index contributed by atoms with van der Waals surface area (Å²) < 4.78 is 2.45. The summed E-state index contributed by atoms with van der Waals surface area (Å²) in [6.45, 7) is 4.25. The fourth-order valence-electron chi connectivity index (χ4n) is 2.18. The Morgan fingerprint density at radius 2 is 1.09 bits per heavy atom. The van der Waals surface area contributed by atoms with Gasteiger partial charge in [-0.25, -0.2) is 0 Å². The van der Waals surface area contributed by atoms with Crippen molar-refractivity contribution >= 4 is 54.5 Å². The van der Waals surface area contributed by atoms with Crippen molar-refractivity contribution in [1.29, 1.82) is 0 Å². The quantitative estimate of drug-likeness (QED) is 0.271. The molecular formula is C16H12Br2Cl2S2Zr. The average molecular weight is 590 g/mol. The second-order valence-electron chi connectivity index (χ2n) is 4.79. The number of halogens is 4. The molecule has 0 amide bonds. The van der Waals surface area contributed by atoms with Gasteiger partial charge in [0.05, 0.1) is 0 Å².